The molecule has 2 aromatic rings. The molecule has 1 aromatic carbocycles. The number of fused-ring (bicyclic) bond motifs is 1. The first kappa shape index (κ1) is 14.5. The minimum atomic E-state index is -0.231. The van der Waals surface area contributed by atoms with E-state index in [0.29, 0.717) is 12.5 Å². The number of aliphatic hydroxyl groups is 1. The summed E-state index contributed by atoms with van der Waals surface area (Å²) in [7, 11) is 0. The van der Waals surface area contributed by atoms with Crippen LogP contribution in [-0.4, -0.2) is 34.5 Å². The highest BCUT2D eigenvalue weighted by Gasteiger charge is 2.24. The van der Waals surface area contributed by atoms with E-state index >= 15 is 0 Å². The van der Waals surface area contributed by atoms with Crippen LogP contribution < -0.4 is 5.73 Å². The number of aliphatic hydroxyl groups excluding tert-OH is 1. The molecule has 5 heteroatoms. The Hall–Kier alpha value is -1.43. The first-order chi connectivity index (χ1) is 10.2. The van der Waals surface area contributed by atoms with Crippen LogP contribution in [0.15, 0.2) is 18.2 Å². The van der Waals surface area contributed by atoms with Gasteiger partial charge in [0.25, 0.3) is 0 Å². The molecule has 0 aliphatic carbocycles. The van der Waals surface area contributed by atoms with E-state index in [0.717, 1.165) is 42.9 Å². The zero-order chi connectivity index (χ0) is 14.8. The Morgan fingerprint density at radius 3 is 2.90 bits per heavy atom. The number of benzene rings is 1. The minimum Gasteiger partial charge on any atom is -0.396 e. The lowest BCUT2D eigenvalue weighted by atomic mass is 10.1. The second kappa shape index (κ2) is 6.13. The number of aromatic nitrogens is 2. The van der Waals surface area contributed by atoms with Crippen molar-refractivity contribution >= 4 is 11.0 Å². The Morgan fingerprint density at radius 1 is 1.43 bits per heavy atom. The van der Waals surface area contributed by atoms with Gasteiger partial charge in [0.15, 0.2) is 0 Å². The van der Waals surface area contributed by atoms with Gasteiger partial charge in [0.1, 0.15) is 5.82 Å². The van der Waals surface area contributed by atoms with Gasteiger partial charge < -0.3 is 20.1 Å². The van der Waals surface area contributed by atoms with Crippen molar-refractivity contribution in [1.29, 1.82) is 0 Å². The molecule has 0 amide bonds. The molecule has 114 valence electrons. The van der Waals surface area contributed by atoms with E-state index in [4.69, 9.17) is 15.5 Å². The topological polar surface area (TPSA) is 73.3 Å². The van der Waals surface area contributed by atoms with Gasteiger partial charge in [-0.2, -0.15) is 0 Å². The monoisotopic (exact) mass is 289 g/mol. The van der Waals surface area contributed by atoms with Crippen LogP contribution in [0.5, 0.6) is 0 Å². The summed E-state index contributed by atoms with van der Waals surface area (Å²) >= 11 is 0. The number of ether oxygens (including phenoxy) is 1. The highest BCUT2D eigenvalue weighted by atomic mass is 16.5. The van der Waals surface area contributed by atoms with Crippen LogP contribution in [0.4, 0.5) is 0 Å². The zero-order valence-corrected chi connectivity index (χ0v) is 12.5. The third kappa shape index (κ3) is 2.81. The lowest BCUT2D eigenvalue weighted by molar-refractivity contribution is 0.0694. The minimum absolute atomic E-state index is 0.0805. The Balaban J connectivity index is 2.10. The van der Waals surface area contributed by atoms with Crippen molar-refractivity contribution in [1.82, 2.24) is 9.55 Å². The van der Waals surface area contributed by atoms with Gasteiger partial charge in [-0.05, 0) is 43.9 Å². The molecule has 0 spiro atoms. The van der Waals surface area contributed by atoms with Crippen LogP contribution in [0.25, 0.3) is 11.0 Å². The Morgan fingerprint density at radius 2 is 2.19 bits per heavy atom. The van der Waals surface area contributed by atoms with Crippen LogP contribution >= 0.6 is 0 Å². The van der Waals surface area contributed by atoms with E-state index < -0.39 is 0 Å². The maximum absolute atomic E-state index is 9.18. The van der Waals surface area contributed by atoms with E-state index in [1.165, 1.54) is 5.56 Å². The van der Waals surface area contributed by atoms with Gasteiger partial charge in [-0.3, -0.25) is 0 Å². The Bertz CT molecular complexity index is 617. The van der Waals surface area contributed by atoms with Crippen molar-refractivity contribution < 1.29 is 9.84 Å². The quantitative estimate of drug-likeness (QED) is 0.904. The first-order valence-electron chi connectivity index (χ1n) is 7.63. The lowest BCUT2D eigenvalue weighted by Gasteiger charge is -2.27. The lowest BCUT2D eigenvalue weighted by Crippen LogP contribution is -2.25. The first-order valence-corrected chi connectivity index (χ1v) is 7.63. The summed E-state index contributed by atoms with van der Waals surface area (Å²) in [6.45, 7) is 3.72. The SMILES string of the molecule is Cc1ccc2c(c1)nc([C@@H](N)CCO)n2C1CCOCC1. The van der Waals surface area contributed by atoms with Crippen LogP contribution in [0.3, 0.4) is 0 Å². The Kier molecular flexibility index (Phi) is 4.24. The van der Waals surface area contributed by atoms with Crippen molar-refractivity contribution in [3.8, 4) is 0 Å². The molecule has 0 radical (unpaired) electrons. The summed E-state index contributed by atoms with van der Waals surface area (Å²) in [5.74, 6) is 0.886. The van der Waals surface area contributed by atoms with Gasteiger partial charge >= 0.3 is 0 Å². The molecule has 3 rings (SSSR count). The smallest absolute Gasteiger partial charge is 0.127 e. The fourth-order valence-corrected chi connectivity index (χ4v) is 3.08. The number of rotatable bonds is 4. The highest BCUT2D eigenvalue weighted by Crippen LogP contribution is 2.31. The van der Waals surface area contributed by atoms with E-state index in [1.54, 1.807) is 0 Å². The predicted octanol–water partition coefficient (Wildman–Crippen LogP) is 2.08. The predicted molar refractivity (Wildman–Crippen MR) is 82.2 cm³/mol. The molecule has 21 heavy (non-hydrogen) atoms. The van der Waals surface area contributed by atoms with Crippen molar-refractivity contribution in [3.05, 3.63) is 29.6 Å². The number of imidazole rings is 1. The largest absolute Gasteiger partial charge is 0.396 e. The number of hydrogen-bond acceptors (Lipinski definition) is 4. The van der Waals surface area contributed by atoms with Gasteiger partial charge in [0, 0.05) is 25.9 Å². The molecule has 1 saturated heterocycles. The molecule has 2 heterocycles. The van der Waals surface area contributed by atoms with E-state index in [9.17, 15) is 5.11 Å². The van der Waals surface area contributed by atoms with Crippen molar-refractivity contribution in [2.75, 3.05) is 19.8 Å². The normalized spacial score (nSPS) is 18.2. The van der Waals surface area contributed by atoms with E-state index in [1.807, 2.05) is 0 Å². The molecule has 3 N–H and O–H groups in total. The van der Waals surface area contributed by atoms with Gasteiger partial charge in [-0.1, -0.05) is 6.07 Å². The molecule has 5 nitrogen and oxygen atoms in total. The molecule has 1 atom stereocenters. The summed E-state index contributed by atoms with van der Waals surface area (Å²) in [5.41, 5.74) is 9.56. The van der Waals surface area contributed by atoms with Gasteiger partial charge in [-0.15, -0.1) is 0 Å². The molecule has 1 fully saturated rings. The van der Waals surface area contributed by atoms with Crippen molar-refractivity contribution in [2.24, 2.45) is 5.73 Å². The fourth-order valence-electron chi connectivity index (χ4n) is 3.08. The summed E-state index contributed by atoms with van der Waals surface area (Å²) < 4.78 is 7.75. The molecule has 0 bridgehead atoms. The summed E-state index contributed by atoms with van der Waals surface area (Å²) in [5, 5.41) is 9.18. The third-order valence-electron chi connectivity index (χ3n) is 4.20. The second-order valence-electron chi connectivity index (χ2n) is 5.79. The summed E-state index contributed by atoms with van der Waals surface area (Å²) in [6.07, 6.45) is 2.50. The molecular formula is C16H23N3O2. The van der Waals surface area contributed by atoms with Crippen molar-refractivity contribution in [2.45, 2.75) is 38.3 Å². The van der Waals surface area contributed by atoms with E-state index in [2.05, 4.69) is 29.7 Å². The zero-order valence-electron chi connectivity index (χ0n) is 12.5. The van der Waals surface area contributed by atoms with Crippen LogP contribution in [0.1, 0.15) is 42.7 Å². The molecule has 0 saturated carbocycles. The maximum Gasteiger partial charge on any atom is 0.127 e. The average Bonchev–Trinajstić information content (AvgIpc) is 2.87. The highest BCUT2D eigenvalue weighted by molar-refractivity contribution is 5.77. The summed E-state index contributed by atoms with van der Waals surface area (Å²) in [4.78, 5) is 4.75. The van der Waals surface area contributed by atoms with E-state index in [-0.39, 0.29) is 12.6 Å². The molecule has 1 aliphatic rings. The maximum atomic E-state index is 9.18. The van der Waals surface area contributed by atoms with Crippen molar-refractivity contribution in [3.63, 3.8) is 0 Å². The van der Waals surface area contributed by atoms with Crippen LogP contribution in [0, 0.1) is 6.92 Å². The van der Waals surface area contributed by atoms with Gasteiger partial charge in [0.05, 0.1) is 17.1 Å². The fraction of sp³-hybridized carbons (Fsp3) is 0.562. The van der Waals surface area contributed by atoms with Gasteiger partial charge in [-0.25, -0.2) is 4.98 Å². The third-order valence-corrected chi connectivity index (χ3v) is 4.20. The van der Waals surface area contributed by atoms with Crippen LogP contribution in [-0.2, 0) is 4.74 Å². The number of nitrogens with two attached hydrogens (primary N) is 1. The average molecular weight is 289 g/mol. The molecular weight excluding hydrogens is 266 g/mol. The summed E-state index contributed by atoms with van der Waals surface area (Å²) in [6, 6.07) is 6.49. The Labute approximate surface area is 124 Å². The standard InChI is InChI=1S/C16H23N3O2/c1-11-2-3-15-14(10-11)18-16(13(17)4-7-20)19(15)12-5-8-21-9-6-12/h2-3,10,12-13,20H,4-9,17H2,1H3/t13-/m0/s1. The van der Waals surface area contributed by atoms with Gasteiger partial charge in [0.2, 0.25) is 0 Å². The second-order valence-corrected chi connectivity index (χ2v) is 5.79. The number of hydrogen-bond donors (Lipinski definition) is 2. The molecule has 1 aliphatic heterocycles. The number of nitrogens with zero attached hydrogens (tertiary/aromatic N) is 2. The number of aryl methyl sites for hydroxylation is 1. The molecule has 0 unspecified atom stereocenters. The molecule has 1 aromatic heterocycles. The van der Waals surface area contributed by atoms with Crippen LogP contribution in [0.2, 0.25) is 0 Å².